The molecule has 3 heterocycles. The first-order chi connectivity index (χ1) is 11.2. The zero-order chi connectivity index (χ0) is 15.8. The minimum absolute atomic E-state index is 0.429. The van der Waals surface area contributed by atoms with Crippen molar-refractivity contribution in [1.29, 1.82) is 0 Å². The van der Waals surface area contributed by atoms with Gasteiger partial charge >= 0.3 is 0 Å². The summed E-state index contributed by atoms with van der Waals surface area (Å²) >= 11 is 0. The molecule has 3 aromatic rings. The van der Waals surface area contributed by atoms with Crippen molar-refractivity contribution in [2.24, 2.45) is 7.05 Å². The Labute approximate surface area is 136 Å². The van der Waals surface area contributed by atoms with Crippen molar-refractivity contribution in [2.45, 2.75) is 32.4 Å². The molecule has 0 unspecified atom stereocenters. The number of hydrogen-bond acceptors (Lipinski definition) is 3. The quantitative estimate of drug-likeness (QED) is 0.741. The van der Waals surface area contributed by atoms with Crippen LogP contribution in [0.3, 0.4) is 0 Å². The minimum atomic E-state index is 0.429. The molecule has 0 radical (unpaired) electrons. The summed E-state index contributed by atoms with van der Waals surface area (Å²) in [6.45, 7) is 4.18. The van der Waals surface area contributed by atoms with Gasteiger partial charge in [-0.25, -0.2) is 4.98 Å². The molecule has 4 rings (SSSR count). The first-order valence-electron chi connectivity index (χ1n) is 8.28. The Kier molecular flexibility index (Phi) is 3.62. The number of imidazole rings is 1. The van der Waals surface area contributed by atoms with Gasteiger partial charge in [-0.1, -0.05) is 12.1 Å². The molecule has 1 aromatic carbocycles. The van der Waals surface area contributed by atoms with E-state index in [9.17, 15) is 0 Å². The van der Waals surface area contributed by atoms with Crippen LogP contribution >= 0.6 is 0 Å². The number of hydrogen-bond donors (Lipinski definition) is 0. The monoisotopic (exact) mass is 306 g/mol. The fraction of sp³-hybridized carbons (Fsp3) is 0.368. The topological polar surface area (TPSA) is 34.0 Å². The normalized spacial score (nSPS) is 18.8. The summed E-state index contributed by atoms with van der Waals surface area (Å²) in [6.07, 6.45) is 6.40. The Morgan fingerprint density at radius 1 is 1.26 bits per heavy atom. The highest BCUT2D eigenvalue weighted by Crippen LogP contribution is 2.32. The van der Waals surface area contributed by atoms with Crippen molar-refractivity contribution in [3.8, 4) is 0 Å². The molecule has 1 saturated heterocycles. The fourth-order valence-electron chi connectivity index (χ4n) is 3.71. The van der Waals surface area contributed by atoms with E-state index in [1.54, 1.807) is 0 Å². The number of likely N-dealkylation sites (tertiary alicyclic amines) is 1. The summed E-state index contributed by atoms with van der Waals surface area (Å²) in [5.41, 5.74) is 3.52. The number of fused-ring (bicyclic) bond motifs is 1. The Hall–Kier alpha value is -2.20. The molecule has 118 valence electrons. The van der Waals surface area contributed by atoms with Crippen LogP contribution < -0.4 is 0 Å². The second kappa shape index (κ2) is 5.78. The third-order valence-corrected chi connectivity index (χ3v) is 4.75. The Morgan fingerprint density at radius 2 is 2.17 bits per heavy atom. The van der Waals surface area contributed by atoms with Gasteiger partial charge in [-0.3, -0.25) is 9.88 Å². The van der Waals surface area contributed by atoms with Gasteiger partial charge in [-0.05, 0) is 50.1 Å². The van der Waals surface area contributed by atoms with E-state index < -0.39 is 0 Å². The SMILES string of the molecule is Cc1cn(C)c([C@H]2CCCN2Cc2ccc3ncccc3c2)n1. The van der Waals surface area contributed by atoms with Gasteiger partial charge in [0.1, 0.15) is 5.82 Å². The summed E-state index contributed by atoms with van der Waals surface area (Å²) in [5, 5.41) is 1.22. The lowest BCUT2D eigenvalue weighted by Crippen LogP contribution is -2.24. The summed E-state index contributed by atoms with van der Waals surface area (Å²) in [4.78, 5) is 11.7. The third-order valence-electron chi connectivity index (χ3n) is 4.75. The van der Waals surface area contributed by atoms with Crippen LogP contribution in [-0.4, -0.2) is 26.0 Å². The molecule has 0 saturated carbocycles. The molecule has 2 aromatic heterocycles. The first-order valence-corrected chi connectivity index (χ1v) is 8.28. The molecule has 4 nitrogen and oxygen atoms in total. The van der Waals surface area contributed by atoms with Gasteiger partial charge < -0.3 is 4.57 Å². The number of benzene rings is 1. The predicted molar refractivity (Wildman–Crippen MR) is 92.1 cm³/mol. The van der Waals surface area contributed by atoms with E-state index in [-0.39, 0.29) is 0 Å². The van der Waals surface area contributed by atoms with Gasteiger partial charge in [-0.15, -0.1) is 0 Å². The largest absolute Gasteiger partial charge is 0.336 e. The number of nitrogens with zero attached hydrogens (tertiary/aromatic N) is 4. The lowest BCUT2D eigenvalue weighted by molar-refractivity contribution is 0.236. The van der Waals surface area contributed by atoms with Gasteiger partial charge in [0, 0.05) is 31.4 Å². The summed E-state index contributed by atoms with van der Waals surface area (Å²) in [7, 11) is 2.10. The van der Waals surface area contributed by atoms with Crippen LogP contribution in [0.25, 0.3) is 10.9 Å². The predicted octanol–water partition coefficient (Wildman–Crippen LogP) is 3.61. The highest BCUT2D eigenvalue weighted by Gasteiger charge is 2.29. The third kappa shape index (κ3) is 2.75. The smallest absolute Gasteiger partial charge is 0.126 e. The molecule has 0 amide bonds. The molecule has 4 heteroatoms. The van der Waals surface area contributed by atoms with Gasteiger partial charge in [-0.2, -0.15) is 0 Å². The van der Waals surface area contributed by atoms with Crippen molar-refractivity contribution >= 4 is 10.9 Å². The van der Waals surface area contributed by atoms with E-state index in [1.165, 1.54) is 29.6 Å². The zero-order valence-electron chi connectivity index (χ0n) is 13.7. The van der Waals surface area contributed by atoms with Gasteiger partial charge in [0.15, 0.2) is 0 Å². The maximum absolute atomic E-state index is 4.75. The van der Waals surface area contributed by atoms with Crippen LogP contribution in [-0.2, 0) is 13.6 Å². The number of pyridine rings is 1. The molecule has 1 fully saturated rings. The van der Waals surface area contributed by atoms with Crippen molar-refractivity contribution in [3.05, 3.63) is 59.8 Å². The average Bonchev–Trinajstić information content (AvgIpc) is 3.13. The van der Waals surface area contributed by atoms with Crippen LogP contribution in [0.2, 0.25) is 0 Å². The van der Waals surface area contributed by atoms with E-state index in [0.717, 1.165) is 24.3 Å². The molecule has 0 spiro atoms. The zero-order valence-corrected chi connectivity index (χ0v) is 13.7. The highest BCUT2D eigenvalue weighted by atomic mass is 15.2. The average molecular weight is 306 g/mol. The van der Waals surface area contributed by atoms with E-state index >= 15 is 0 Å². The van der Waals surface area contributed by atoms with E-state index in [1.807, 2.05) is 12.3 Å². The van der Waals surface area contributed by atoms with Crippen molar-refractivity contribution in [2.75, 3.05) is 6.54 Å². The maximum atomic E-state index is 4.75. The molecule has 0 aliphatic carbocycles. The molecular formula is C19H22N4. The molecule has 23 heavy (non-hydrogen) atoms. The molecule has 0 N–H and O–H groups in total. The van der Waals surface area contributed by atoms with Crippen LogP contribution in [0.4, 0.5) is 0 Å². The van der Waals surface area contributed by atoms with E-state index in [4.69, 9.17) is 4.98 Å². The second-order valence-corrected chi connectivity index (χ2v) is 6.51. The molecule has 1 atom stereocenters. The molecule has 1 aliphatic rings. The standard InChI is InChI=1S/C19H22N4/c1-14-12-22(2)19(21-14)18-6-4-10-23(18)13-15-7-8-17-16(11-15)5-3-9-20-17/h3,5,7-9,11-12,18H,4,6,10,13H2,1-2H3/t18-/m1/s1. The Balaban J connectivity index is 1.60. The summed E-state index contributed by atoms with van der Waals surface area (Å²) in [5.74, 6) is 1.20. The number of aromatic nitrogens is 3. The van der Waals surface area contributed by atoms with Crippen molar-refractivity contribution in [1.82, 2.24) is 19.4 Å². The molecule has 1 aliphatic heterocycles. The van der Waals surface area contributed by atoms with Crippen LogP contribution in [0, 0.1) is 6.92 Å². The Morgan fingerprint density at radius 3 is 3.00 bits per heavy atom. The van der Waals surface area contributed by atoms with Crippen LogP contribution in [0.5, 0.6) is 0 Å². The van der Waals surface area contributed by atoms with Gasteiger partial charge in [0.25, 0.3) is 0 Å². The van der Waals surface area contributed by atoms with Crippen LogP contribution in [0.15, 0.2) is 42.7 Å². The van der Waals surface area contributed by atoms with E-state index in [0.29, 0.717) is 6.04 Å². The van der Waals surface area contributed by atoms with Crippen LogP contribution in [0.1, 0.15) is 36.0 Å². The molecular weight excluding hydrogens is 284 g/mol. The summed E-state index contributed by atoms with van der Waals surface area (Å²) in [6, 6.07) is 11.2. The van der Waals surface area contributed by atoms with Gasteiger partial charge in [0.05, 0.1) is 17.3 Å². The fourth-order valence-corrected chi connectivity index (χ4v) is 3.71. The van der Waals surface area contributed by atoms with Crippen molar-refractivity contribution in [3.63, 3.8) is 0 Å². The maximum Gasteiger partial charge on any atom is 0.126 e. The first kappa shape index (κ1) is 14.4. The lowest BCUT2D eigenvalue weighted by atomic mass is 10.1. The second-order valence-electron chi connectivity index (χ2n) is 6.51. The van der Waals surface area contributed by atoms with Gasteiger partial charge in [0.2, 0.25) is 0 Å². The lowest BCUT2D eigenvalue weighted by Gasteiger charge is -2.24. The summed E-state index contributed by atoms with van der Waals surface area (Å²) < 4.78 is 2.18. The van der Waals surface area contributed by atoms with Crippen molar-refractivity contribution < 1.29 is 0 Å². The highest BCUT2D eigenvalue weighted by molar-refractivity contribution is 5.78. The Bertz CT molecular complexity index is 836. The number of rotatable bonds is 3. The number of aryl methyl sites for hydroxylation is 2. The molecule has 0 bridgehead atoms. The minimum Gasteiger partial charge on any atom is -0.336 e. The van der Waals surface area contributed by atoms with E-state index in [2.05, 4.69) is 58.9 Å².